The standard InChI is InChI=1S/C16H15FN2O3/c17-11-5-8-6-14(20)18-12(8)7-13(11)19-15(21)9-3-1-2-4-10(9)16(19)22/h5,7,9-10H,1-4,6H2,(H,18,20). The Hall–Kier alpha value is -2.24. The number of nitrogens with zero attached hydrogens (tertiary/aromatic N) is 1. The Morgan fingerprint density at radius 2 is 1.68 bits per heavy atom. The van der Waals surface area contributed by atoms with Gasteiger partial charge in [0, 0.05) is 5.69 Å². The zero-order valence-electron chi connectivity index (χ0n) is 11.9. The molecule has 1 saturated heterocycles. The second-order valence-electron chi connectivity index (χ2n) is 6.20. The minimum atomic E-state index is -0.629. The van der Waals surface area contributed by atoms with Crippen LogP contribution in [0.3, 0.4) is 0 Å². The van der Waals surface area contributed by atoms with E-state index in [-0.39, 0.29) is 41.7 Å². The van der Waals surface area contributed by atoms with Crippen molar-refractivity contribution in [1.82, 2.24) is 0 Å². The van der Waals surface area contributed by atoms with Gasteiger partial charge in [0.15, 0.2) is 0 Å². The third kappa shape index (κ3) is 1.79. The summed E-state index contributed by atoms with van der Waals surface area (Å²) >= 11 is 0. The molecule has 2 atom stereocenters. The lowest BCUT2D eigenvalue weighted by molar-refractivity contribution is -0.122. The van der Waals surface area contributed by atoms with Crippen LogP contribution >= 0.6 is 0 Å². The number of rotatable bonds is 1. The molecule has 3 aliphatic rings. The molecule has 1 aliphatic carbocycles. The molecule has 0 bridgehead atoms. The minimum absolute atomic E-state index is 0.0367. The number of nitrogens with one attached hydrogen (secondary N) is 1. The summed E-state index contributed by atoms with van der Waals surface area (Å²) in [6.45, 7) is 0. The van der Waals surface area contributed by atoms with E-state index >= 15 is 0 Å². The summed E-state index contributed by atoms with van der Waals surface area (Å²) in [5.74, 6) is -2.09. The summed E-state index contributed by atoms with van der Waals surface area (Å²) < 4.78 is 14.4. The van der Waals surface area contributed by atoms with Gasteiger partial charge in [-0.3, -0.25) is 14.4 Å². The zero-order chi connectivity index (χ0) is 15.4. The summed E-state index contributed by atoms with van der Waals surface area (Å²) in [6.07, 6.45) is 3.36. The average Bonchev–Trinajstić information content (AvgIpc) is 2.97. The van der Waals surface area contributed by atoms with E-state index in [1.54, 1.807) is 0 Å². The monoisotopic (exact) mass is 302 g/mol. The third-order valence-corrected chi connectivity index (χ3v) is 4.88. The van der Waals surface area contributed by atoms with Crippen molar-refractivity contribution in [3.8, 4) is 0 Å². The summed E-state index contributed by atoms with van der Waals surface area (Å²) in [5.41, 5.74) is 1.00. The largest absolute Gasteiger partial charge is 0.325 e. The van der Waals surface area contributed by atoms with Gasteiger partial charge >= 0.3 is 0 Å². The van der Waals surface area contributed by atoms with Crippen LogP contribution < -0.4 is 10.2 Å². The molecule has 0 aromatic heterocycles. The molecule has 1 saturated carbocycles. The topological polar surface area (TPSA) is 66.5 Å². The lowest BCUT2D eigenvalue weighted by Crippen LogP contribution is -2.31. The predicted octanol–water partition coefficient (Wildman–Crippen LogP) is 2.00. The lowest BCUT2D eigenvalue weighted by Gasteiger charge is -2.19. The highest BCUT2D eigenvalue weighted by atomic mass is 19.1. The molecule has 1 aromatic carbocycles. The van der Waals surface area contributed by atoms with Crippen molar-refractivity contribution < 1.29 is 18.8 Å². The summed E-state index contributed by atoms with van der Waals surface area (Å²) in [7, 11) is 0. The summed E-state index contributed by atoms with van der Waals surface area (Å²) in [6, 6.07) is 2.65. The molecule has 0 spiro atoms. The normalized spacial score (nSPS) is 27.0. The van der Waals surface area contributed by atoms with E-state index in [0.717, 1.165) is 17.7 Å². The van der Waals surface area contributed by atoms with Crippen LogP contribution in [0.15, 0.2) is 12.1 Å². The fourth-order valence-electron chi connectivity index (χ4n) is 3.80. The molecule has 5 nitrogen and oxygen atoms in total. The van der Waals surface area contributed by atoms with E-state index < -0.39 is 5.82 Å². The quantitative estimate of drug-likeness (QED) is 0.807. The maximum Gasteiger partial charge on any atom is 0.237 e. The lowest BCUT2D eigenvalue weighted by atomic mass is 9.81. The number of fused-ring (bicyclic) bond motifs is 2. The van der Waals surface area contributed by atoms with Gasteiger partial charge in [0.05, 0.1) is 23.9 Å². The third-order valence-electron chi connectivity index (χ3n) is 4.88. The highest BCUT2D eigenvalue weighted by molar-refractivity contribution is 6.22. The number of anilines is 2. The molecule has 2 aliphatic heterocycles. The van der Waals surface area contributed by atoms with Gasteiger partial charge in [0.25, 0.3) is 0 Å². The molecule has 2 unspecified atom stereocenters. The fourth-order valence-corrected chi connectivity index (χ4v) is 3.80. The van der Waals surface area contributed by atoms with Gasteiger partial charge in [0.1, 0.15) is 5.82 Å². The van der Waals surface area contributed by atoms with Gasteiger partial charge in [-0.25, -0.2) is 9.29 Å². The predicted molar refractivity (Wildman–Crippen MR) is 76.7 cm³/mol. The number of hydrogen-bond donors (Lipinski definition) is 1. The highest BCUT2D eigenvalue weighted by Gasteiger charge is 2.49. The number of carbonyl (C=O) groups excluding carboxylic acids is 3. The number of hydrogen-bond acceptors (Lipinski definition) is 3. The second-order valence-corrected chi connectivity index (χ2v) is 6.20. The van der Waals surface area contributed by atoms with Gasteiger partial charge in [0.2, 0.25) is 17.7 Å². The first-order valence-electron chi connectivity index (χ1n) is 7.56. The van der Waals surface area contributed by atoms with E-state index in [1.165, 1.54) is 12.1 Å². The Morgan fingerprint density at radius 1 is 1.05 bits per heavy atom. The molecule has 2 heterocycles. The van der Waals surface area contributed by atoms with Crippen LogP contribution in [0.25, 0.3) is 0 Å². The molecule has 114 valence electrons. The molecule has 3 amide bonds. The van der Waals surface area contributed by atoms with Crippen molar-refractivity contribution in [2.45, 2.75) is 32.1 Å². The molecule has 0 radical (unpaired) electrons. The van der Waals surface area contributed by atoms with Crippen molar-refractivity contribution in [1.29, 1.82) is 0 Å². The smallest absolute Gasteiger partial charge is 0.237 e. The molecule has 1 aromatic rings. The Bertz CT molecular complexity index is 692. The SMILES string of the molecule is O=C1Cc2cc(F)c(N3C(=O)C4CCCCC4C3=O)cc2N1. The van der Waals surface area contributed by atoms with Crippen LogP contribution in [0.5, 0.6) is 0 Å². The van der Waals surface area contributed by atoms with Crippen LogP contribution in [-0.4, -0.2) is 17.7 Å². The second kappa shape index (κ2) is 4.63. The van der Waals surface area contributed by atoms with Crippen LogP contribution in [0.4, 0.5) is 15.8 Å². The molecule has 1 N–H and O–H groups in total. The van der Waals surface area contributed by atoms with Gasteiger partial charge in [-0.05, 0) is 30.5 Å². The minimum Gasteiger partial charge on any atom is -0.325 e. The average molecular weight is 302 g/mol. The number of benzene rings is 1. The Kier molecular flexibility index (Phi) is 2.82. The molecular weight excluding hydrogens is 287 g/mol. The fraction of sp³-hybridized carbons (Fsp3) is 0.438. The summed E-state index contributed by atoms with van der Waals surface area (Å²) in [4.78, 5) is 37.4. The van der Waals surface area contributed by atoms with Crippen LogP contribution in [-0.2, 0) is 20.8 Å². The Labute approximate surface area is 126 Å². The molecule has 4 rings (SSSR count). The van der Waals surface area contributed by atoms with Crippen LogP contribution in [0.2, 0.25) is 0 Å². The van der Waals surface area contributed by atoms with Gasteiger partial charge in [-0.1, -0.05) is 12.8 Å². The van der Waals surface area contributed by atoms with Gasteiger partial charge in [-0.15, -0.1) is 0 Å². The number of amides is 3. The van der Waals surface area contributed by atoms with Crippen molar-refractivity contribution in [2.75, 3.05) is 10.2 Å². The summed E-state index contributed by atoms with van der Waals surface area (Å²) in [5, 5.41) is 2.63. The first-order chi connectivity index (χ1) is 10.6. The van der Waals surface area contributed by atoms with Crippen LogP contribution in [0, 0.1) is 17.7 Å². The number of carbonyl (C=O) groups is 3. The molecule has 22 heavy (non-hydrogen) atoms. The van der Waals surface area contributed by atoms with Gasteiger partial charge < -0.3 is 5.32 Å². The van der Waals surface area contributed by atoms with Crippen LogP contribution in [0.1, 0.15) is 31.2 Å². The van der Waals surface area contributed by atoms with Crippen molar-refractivity contribution >= 4 is 29.1 Å². The zero-order valence-corrected chi connectivity index (χ0v) is 11.9. The van der Waals surface area contributed by atoms with E-state index in [1.807, 2.05) is 0 Å². The number of imide groups is 1. The van der Waals surface area contributed by atoms with Crippen molar-refractivity contribution in [3.63, 3.8) is 0 Å². The molecule has 2 fully saturated rings. The first kappa shape index (κ1) is 13.4. The molecular formula is C16H15FN2O3. The van der Waals surface area contributed by atoms with E-state index in [4.69, 9.17) is 0 Å². The highest BCUT2D eigenvalue weighted by Crippen LogP contribution is 2.42. The van der Waals surface area contributed by atoms with E-state index in [0.29, 0.717) is 24.1 Å². The van der Waals surface area contributed by atoms with E-state index in [2.05, 4.69) is 5.32 Å². The maximum atomic E-state index is 14.4. The van der Waals surface area contributed by atoms with E-state index in [9.17, 15) is 18.8 Å². The molecule has 6 heteroatoms. The van der Waals surface area contributed by atoms with Gasteiger partial charge in [-0.2, -0.15) is 0 Å². The van der Waals surface area contributed by atoms with Crippen molar-refractivity contribution in [2.24, 2.45) is 11.8 Å². The Morgan fingerprint density at radius 3 is 2.32 bits per heavy atom. The first-order valence-corrected chi connectivity index (χ1v) is 7.56. The van der Waals surface area contributed by atoms with Crippen molar-refractivity contribution in [3.05, 3.63) is 23.5 Å². The maximum absolute atomic E-state index is 14.4. The Balaban J connectivity index is 1.76. The number of halogens is 1.